The van der Waals surface area contributed by atoms with Crippen LogP contribution in [-0.2, 0) is 35.2 Å². The van der Waals surface area contributed by atoms with Gasteiger partial charge in [-0.15, -0.1) is 0 Å². The minimum atomic E-state index is -4.55. The molecule has 10 heteroatoms. The van der Waals surface area contributed by atoms with Crippen molar-refractivity contribution in [2.75, 3.05) is 26.9 Å². The third kappa shape index (κ3) is 10.5. The maximum Gasteiger partial charge on any atom is 0.416 e. The van der Waals surface area contributed by atoms with E-state index in [4.69, 9.17) is 14.6 Å². The van der Waals surface area contributed by atoms with E-state index in [1.807, 2.05) is 36.4 Å². The number of esters is 1. The number of aliphatic hydroxyl groups is 1. The number of benzene rings is 3. The summed E-state index contributed by atoms with van der Waals surface area (Å²) < 4.78 is 51.5. The van der Waals surface area contributed by atoms with Crippen LogP contribution in [0.1, 0.15) is 43.0 Å². The van der Waals surface area contributed by atoms with Gasteiger partial charge < -0.3 is 24.8 Å². The number of hydrogen-bond donors (Lipinski definition) is 2. The molecule has 2 N–H and O–H groups in total. The van der Waals surface area contributed by atoms with Gasteiger partial charge in [-0.3, -0.25) is 4.79 Å². The number of carbonyl (C=O) groups excluding carboxylic acids is 2. The molecule has 0 bridgehead atoms. The molecular formula is C31H37F3N2O5. The van der Waals surface area contributed by atoms with Crippen molar-refractivity contribution in [2.24, 2.45) is 0 Å². The highest BCUT2D eigenvalue weighted by Gasteiger charge is 2.31. The van der Waals surface area contributed by atoms with Crippen molar-refractivity contribution >= 4 is 12.0 Å². The summed E-state index contributed by atoms with van der Waals surface area (Å²) in [5.41, 5.74) is 2.34. The molecule has 0 aliphatic heterocycles. The first-order valence-electron chi connectivity index (χ1n) is 13.2. The molecule has 0 saturated carbocycles. The minimum absolute atomic E-state index is 0.0444. The molecule has 0 saturated heterocycles. The average molecular weight is 575 g/mol. The molecule has 0 aromatic heterocycles. The lowest BCUT2D eigenvalue weighted by molar-refractivity contribution is -0.141. The lowest BCUT2D eigenvalue weighted by Crippen LogP contribution is -2.39. The van der Waals surface area contributed by atoms with Crippen molar-refractivity contribution in [3.8, 4) is 16.9 Å². The van der Waals surface area contributed by atoms with Crippen LogP contribution in [0.4, 0.5) is 18.0 Å². The Morgan fingerprint density at radius 2 is 1.63 bits per heavy atom. The fraction of sp³-hybridized carbons (Fsp3) is 0.355. The maximum absolute atomic E-state index is 13.6. The molecule has 222 valence electrons. The van der Waals surface area contributed by atoms with Crippen molar-refractivity contribution in [3.05, 3.63) is 89.0 Å². The molecular weight excluding hydrogens is 537 g/mol. The summed E-state index contributed by atoms with van der Waals surface area (Å²) in [5, 5.41) is 10.4. The highest BCUT2D eigenvalue weighted by atomic mass is 19.4. The summed E-state index contributed by atoms with van der Waals surface area (Å²) in [6.07, 6.45) is -4.12. The lowest BCUT2D eigenvalue weighted by Gasteiger charge is -2.24. The van der Waals surface area contributed by atoms with E-state index in [-0.39, 0.29) is 32.3 Å². The van der Waals surface area contributed by atoms with Crippen molar-refractivity contribution in [1.29, 1.82) is 0 Å². The van der Waals surface area contributed by atoms with Crippen molar-refractivity contribution in [2.45, 2.75) is 46.5 Å². The summed E-state index contributed by atoms with van der Waals surface area (Å²) in [5.74, 6) is 0.0766. The molecule has 41 heavy (non-hydrogen) atoms. The van der Waals surface area contributed by atoms with E-state index in [2.05, 4.69) is 5.32 Å². The normalized spacial score (nSPS) is 10.7. The Morgan fingerprint density at radius 3 is 2.22 bits per heavy atom. The lowest BCUT2D eigenvalue weighted by atomic mass is 9.94. The van der Waals surface area contributed by atoms with Gasteiger partial charge in [-0.1, -0.05) is 42.5 Å². The van der Waals surface area contributed by atoms with E-state index in [1.54, 1.807) is 26.0 Å². The largest absolute Gasteiger partial charge is 0.496 e. The first-order chi connectivity index (χ1) is 19.5. The van der Waals surface area contributed by atoms with Crippen LogP contribution < -0.4 is 10.1 Å². The third-order valence-corrected chi connectivity index (χ3v) is 6.00. The first-order valence-corrected chi connectivity index (χ1v) is 13.2. The average Bonchev–Trinajstić information content (AvgIpc) is 2.94. The molecule has 0 aliphatic rings. The molecule has 0 unspecified atom stereocenters. The number of ether oxygens (including phenoxy) is 2. The van der Waals surface area contributed by atoms with E-state index in [0.717, 1.165) is 23.3 Å². The predicted octanol–water partition coefficient (Wildman–Crippen LogP) is 6.22. The number of nitrogens with one attached hydrogen (secondary N) is 1. The molecule has 7 nitrogen and oxygen atoms in total. The smallest absolute Gasteiger partial charge is 0.416 e. The Bertz CT molecular complexity index is 1270. The molecule has 0 heterocycles. The number of methoxy groups -OCH3 is 1. The number of carbonyl (C=O) groups is 2. The minimum Gasteiger partial charge on any atom is -0.496 e. The zero-order valence-corrected chi connectivity index (χ0v) is 23.8. The number of rotatable bonds is 10. The van der Waals surface area contributed by atoms with Gasteiger partial charge in [0.1, 0.15) is 5.75 Å². The molecule has 3 rings (SSSR count). The second-order valence-electron chi connectivity index (χ2n) is 8.97. The van der Waals surface area contributed by atoms with Crippen molar-refractivity contribution in [1.82, 2.24) is 10.2 Å². The van der Waals surface area contributed by atoms with Gasteiger partial charge in [0.15, 0.2) is 0 Å². The molecule has 2 amide bonds. The number of alkyl halides is 3. The van der Waals surface area contributed by atoms with Crippen LogP contribution in [-0.4, -0.2) is 48.9 Å². The zero-order valence-electron chi connectivity index (χ0n) is 23.8. The summed E-state index contributed by atoms with van der Waals surface area (Å²) >= 11 is 0. The van der Waals surface area contributed by atoms with Gasteiger partial charge in [-0.05, 0) is 60.4 Å². The van der Waals surface area contributed by atoms with E-state index in [1.165, 1.54) is 25.0 Å². The monoisotopic (exact) mass is 574 g/mol. The fourth-order valence-corrected chi connectivity index (χ4v) is 4.02. The number of hydrogen-bond acceptors (Lipinski definition) is 5. The molecule has 3 aromatic rings. The van der Waals surface area contributed by atoms with Crippen LogP contribution in [0, 0.1) is 0 Å². The van der Waals surface area contributed by atoms with Crippen LogP contribution in [0.3, 0.4) is 0 Å². The standard InChI is InChI=1S/C29H31F3N2O4.C2H6O/c1-4-34(28(36)33-18-22-8-6-5-7-9-22)19-23-17-24(29(30,31)32)11-12-25(23)26-16-21(10-13-27(26)37-3)14-15-38-20(2)35;1-2-3/h5-13,16-17H,4,14-15,18-19H2,1-3H3,(H,33,36);3H,2H2,1H3. The maximum atomic E-state index is 13.6. The summed E-state index contributed by atoms with van der Waals surface area (Å²) in [6, 6.07) is 17.8. The Kier molecular flexibility index (Phi) is 13.2. The summed E-state index contributed by atoms with van der Waals surface area (Å²) in [6.45, 7) is 5.73. The van der Waals surface area contributed by atoms with E-state index in [0.29, 0.717) is 35.4 Å². The summed E-state index contributed by atoms with van der Waals surface area (Å²) in [7, 11) is 1.48. The molecule has 3 aromatic carbocycles. The van der Waals surface area contributed by atoms with Crippen LogP contribution in [0.5, 0.6) is 5.75 Å². The zero-order chi connectivity index (χ0) is 30.4. The van der Waals surface area contributed by atoms with Gasteiger partial charge in [-0.25, -0.2) is 4.79 Å². The van der Waals surface area contributed by atoms with Crippen LogP contribution in [0.15, 0.2) is 66.7 Å². The van der Waals surface area contributed by atoms with Gasteiger partial charge in [-0.2, -0.15) is 13.2 Å². The van der Waals surface area contributed by atoms with E-state index < -0.39 is 17.7 Å². The Labute approximate surface area is 238 Å². The van der Waals surface area contributed by atoms with Gasteiger partial charge in [0.05, 0.1) is 19.3 Å². The number of amides is 2. The quantitative estimate of drug-likeness (QED) is 0.281. The van der Waals surface area contributed by atoms with E-state index >= 15 is 0 Å². The topological polar surface area (TPSA) is 88.1 Å². The molecule has 0 spiro atoms. The Morgan fingerprint density at radius 1 is 0.951 bits per heavy atom. The first kappa shape index (κ1) is 33.2. The number of nitrogens with zero attached hydrogens (tertiary/aromatic N) is 1. The third-order valence-electron chi connectivity index (χ3n) is 6.00. The van der Waals surface area contributed by atoms with Gasteiger partial charge in [0.2, 0.25) is 0 Å². The highest BCUT2D eigenvalue weighted by molar-refractivity contribution is 5.77. The Balaban J connectivity index is 0.00000187. The van der Waals surface area contributed by atoms with E-state index in [9.17, 15) is 22.8 Å². The number of urea groups is 1. The highest BCUT2D eigenvalue weighted by Crippen LogP contribution is 2.38. The Hall–Kier alpha value is -4.05. The number of halogens is 3. The van der Waals surface area contributed by atoms with Crippen LogP contribution in [0.25, 0.3) is 11.1 Å². The van der Waals surface area contributed by atoms with Crippen LogP contribution in [0.2, 0.25) is 0 Å². The summed E-state index contributed by atoms with van der Waals surface area (Å²) in [4.78, 5) is 25.5. The molecule has 0 aliphatic carbocycles. The van der Waals surface area contributed by atoms with Gasteiger partial charge in [0, 0.05) is 45.1 Å². The molecule has 0 radical (unpaired) electrons. The molecule has 0 atom stereocenters. The second kappa shape index (κ2) is 16.3. The second-order valence-corrected chi connectivity index (χ2v) is 8.97. The fourth-order valence-electron chi connectivity index (χ4n) is 4.02. The van der Waals surface area contributed by atoms with Crippen LogP contribution >= 0.6 is 0 Å². The number of aliphatic hydroxyl groups excluding tert-OH is 1. The van der Waals surface area contributed by atoms with Crippen molar-refractivity contribution < 1.29 is 37.3 Å². The molecule has 0 fully saturated rings. The SMILES string of the molecule is CCN(Cc1cc(C(F)(F)F)ccc1-c1cc(CCOC(C)=O)ccc1OC)C(=O)NCc1ccccc1.CCO. The van der Waals surface area contributed by atoms with Gasteiger partial charge in [0.25, 0.3) is 0 Å². The van der Waals surface area contributed by atoms with Crippen molar-refractivity contribution in [3.63, 3.8) is 0 Å². The van der Waals surface area contributed by atoms with Gasteiger partial charge >= 0.3 is 18.2 Å². The predicted molar refractivity (Wildman–Crippen MR) is 151 cm³/mol.